The van der Waals surface area contributed by atoms with E-state index in [4.69, 9.17) is 0 Å². The number of aromatic nitrogens is 2. The van der Waals surface area contributed by atoms with Crippen molar-refractivity contribution >= 4 is 5.91 Å². The van der Waals surface area contributed by atoms with E-state index in [-0.39, 0.29) is 11.3 Å². The number of carbonyl (C=O) groups excluding carboxylic acids is 1. The zero-order valence-corrected chi connectivity index (χ0v) is 12.6. The topological polar surface area (TPSA) is 38.1 Å². The van der Waals surface area contributed by atoms with Crippen LogP contribution in [0.4, 0.5) is 0 Å². The minimum Gasteiger partial charge on any atom is -0.336 e. The molecule has 2 aromatic rings. The van der Waals surface area contributed by atoms with Crippen LogP contribution >= 0.6 is 0 Å². The first-order chi connectivity index (χ1) is 10.0. The largest absolute Gasteiger partial charge is 0.336 e. The number of rotatable bonds is 4. The highest BCUT2D eigenvalue weighted by atomic mass is 16.2. The third kappa shape index (κ3) is 3.15. The van der Waals surface area contributed by atoms with E-state index >= 15 is 0 Å². The average Bonchev–Trinajstić information content (AvgIpc) is 2.96. The Balaban J connectivity index is 1.73. The van der Waals surface area contributed by atoms with E-state index in [9.17, 15) is 4.79 Å². The standard InChI is InChI=1S/C17H21N3O/c1-17(2)8-16(21)19(12-17)11-15-9-18-13-20(15)10-14-6-4-3-5-7-14/h3-7,9,13H,8,10-12H2,1-2H3. The molecule has 1 aromatic heterocycles. The summed E-state index contributed by atoms with van der Waals surface area (Å²) in [4.78, 5) is 18.3. The molecule has 0 spiro atoms. The lowest BCUT2D eigenvalue weighted by molar-refractivity contribution is -0.128. The van der Waals surface area contributed by atoms with Gasteiger partial charge >= 0.3 is 0 Å². The van der Waals surface area contributed by atoms with Crippen molar-refractivity contribution in [3.05, 3.63) is 54.1 Å². The van der Waals surface area contributed by atoms with Crippen molar-refractivity contribution in [3.8, 4) is 0 Å². The van der Waals surface area contributed by atoms with Crippen molar-refractivity contribution in [2.75, 3.05) is 6.54 Å². The van der Waals surface area contributed by atoms with E-state index in [1.807, 2.05) is 35.6 Å². The van der Waals surface area contributed by atoms with Gasteiger partial charge in [0.15, 0.2) is 0 Å². The van der Waals surface area contributed by atoms with E-state index in [1.54, 1.807) is 0 Å². The molecule has 1 saturated heterocycles. The summed E-state index contributed by atoms with van der Waals surface area (Å²) < 4.78 is 2.12. The van der Waals surface area contributed by atoms with Gasteiger partial charge in [-0.3, -0.25) is 4.79 Å². The third-order valence-electron chi connectivity index (χ3n) is 3.95. The van der Waals surface area contributed by atoms with Crippen LogP contribution in [0, 0.1) is 5.41 Å². The monoisotopic (exact) mass is 283 g/mol. The van der Waals surface area contributed by atoms with E-state index in [1.165, 1.54) is 5.56 Å². The number of imidazole rings is 1. The van der Waals surface area contributed by atoms with Crippen LogP contribution in [0.5, 0.6) is 0 Å². The van der Waals surface area contributed by atoms with Gasteiger partial charge in [-0.25, -0.2) is 4.98 Å². The first-order valence-corrected chi connectivity index (χ1v) is 7.34. The van der Waals surface area contributed by atoms with Gasteiger partial charge < -0.3 is 9.47 Å². The van der Waals surface area contributed by atoms with E-state index in [0.717, 1.165) is 18.8 Å². The molecule has 110 valence electrons. The smallest absolute Gasteiger partial charge is 0.223 e. The highest BCUT2D eigenvalue weighted by Gasteiger charge is 2.35. The summed E-state index contributed by atoms with van der Waals surface area (Å²) in [5.74, 6) is 0.243. The number of hydrogen-bond donors (Lipinski definition) is 0. The lowest BCUT2D eigenvalue weighted by Gasteiger charge is -2.20. The fraction of sp³-hybridized carbons (Fsp3) is 0.412. The molecular weight excluding hydrogens is 262 g/mol. The van der Waals surface area contributed by atoms with Crippen molar-refractivity contribution in [2.24, 2.45) is 5.41 Å². The Morgan fingerprint density at radius 3 is 2.62 bits per heavy atom. The zero-order valence-electron chi connectivity index (χ0n) is 12.6. The third-order valence-corrected chi connectivity index (χ3v) is 3.95. The summed E-state index contributed by atoms with van der Waals surface area (Å²) in [6.45, 7) is 6.55. The predicted molar refractivity (Wildman–Crippen MR) is 81.6 cm³/mol. The van der Waals surface area contributed by atoms with Crippen LogP contribution in [-0.2, 0) is 17.9 Å². The molecule has 1 fully saturated rings. The molecule has 0 unspecified atom stereocenters. The number of carbonyl (C=O) groups is 1. The van der Waals surface area contributed by atoms with Crippen molar-refractivity contribution in [1.82, 2.24) is 14.5 Å². The number of nitrogens with zero attached hydrogens (tertiary/aromatic N) is 3. The quantitative estimate of drug-likeness (QED) is 0.865. The van der Waals surface area contributed by atoms with Gasteiger partial charge in [0, 0.05) is 25.7 Å². The second kappa shape index (κ2) is 5.35. The minimum absolute atomic E-state index is 0.0847. The van der Waals surface area contributed by atoms with Gasteiger partial charge in [-0.1, -0.05) is 44.2 Å². The van der Waals surface area contributed by atoms with Crippen molar-refractivity contribution in [1.29, 1.82) is 0 Å². The van der Waals surface area contributed by atoms with E-state index in [2.05, 4.69) is 35.5 Å². The Labute approximate surface area is 125 Å². The SMILES string of the molecule is CC1(C)CC(=O)N(Cc2cncn2Cc2ccccc2)C1. The first-order valence-electron chi connectivity index (χ1n) is 7.34. The van der Waals surface area contributed by atoms with Gasteiger partial charge in [0.2, 0.25) is 5.91 Å². The van der Waals surface area contributed by atoms with Crippen LogP contribution in [-0.4, -0.2) is 26.9 Å². The Morgan fingerprint density at radius 1 is 1.19 bits per heavy atom. The molecule has 2 heterocycles. The van der Waals surface area contributed by atoms with Crippen LogP contribution in [0.3, 0.4) is 0 Å². The van der Waals surface area contributed by atoms with Crippen LogP contribution in [0.2, 0.25) is 0 Å². The average molecular weight is 283 g/mol. The summed E-state index contributed by atoms with van der Waals surface area (Å²) in [6, 6.07) is 10.3. The number of likely N-dealkylation sites (tertiary alicyclic amines) is 1. The fourth-order valence-corrected chi connectivity index (χ4v) is 2.92. The van der Waals surface area contributed by atoms with Gasteiger partial charge in [-0.2, -0.15) is 0 Å². The number of hydrogen-bond acceptors (Lipinski definition) is 2. The second-order valence-electron chi connectivity index (χ2n) is 6.59. The molecule has 3 rings (SSSR count). The van der Waals surface area contributed by atoms with Gasteiger partial charge in [0.1, 0.15) is 0 Å². The molecule has 4 nitrogen and oxygen atoms in total. The molecule has 4 heteroatoms. The maximum absolute atomic E-state index is 12.1. The van der Waals surface area contributed by atoms with Gasteiger partial charge in [-0.15, -0.1) is 0 Å². The summed E-state index contributed by atoms with van der Waals surface area (Å²) in [5.41, 5.74) is 2.41. The number of benzene rings is 1. The van der Waals surface area contributed by atoms with E-state index < -0.39 is 0 Å². The number of amides is 1. The van der Waals surface area contributed by atoms with E-state index in [0.29, 0.717) is 13.0 Å². The molecule has 0 radical (unpaired) electrons. The second-order valence-corrected chi connectivity index (χ2v) is 6.59. The molecule has 1 amide bonds. The maximum Gasteiger partial charge on any atom is 0.223 e. The fourth-order valence-electron chi connectivity index (χ4n) is 2.92. The predicted octanol–water partition coefficient (Wildman–Crippen LogP) is 2.69. The Hall–Kier alpha value is -2.10. The molecular formula is C17H21N3O. The van der Waals surface area contributed by atoms with Crippen molar-refractivity contribution < 1.29 is 4.79 Å². The lowest BCUT2D eigenvalue weighted by Crippen LogP contribution is -2.27. The summed E-state index contributed by atoms with van der Waals surface area (Å²) >= 11 is 0. The molecule has 0 aliphatic carbocycles. The highest BCUT2D eigenvalue weighted by molar-refractivity contribution is 5.79. The van der Waals surface area contributed by atoms with Crippen LogP contribution < -0.4 is 0 Å². The van der Waals surface area contributed by atoms with Crippen LogP contribution in [0.25, 0.3) is 0 Å². The highest BCUT2D eigenvalue weighted by Crippen LogP contribution is 2.30. The van der Waals surface area contributed by atoms with Crippen LogP contribution in [0.15, 0.2) is 42.9 Å². The molecule has 0 bridgehead atoms. The molecule has 1 aliphatic heterocycles. The Kier molecular flexibility index (Phi) is 3.53. The molecule has 0 N–H and O–H groups in total. The molecule has 1 aliphatic rings. The van der Waals surface area contributed by atoms with Crippen molar-refractivity contribution in [2.45, 2.75) is 33.4 Å². The van der Waals surface area contributed by atoms with Crippen LogP contribution in [0.1, 0.15) is 31.5 Å². The first kappa shape index (κ1) is 13.9. The molecule has 0 atom stereocenters. The maximum atomic E-state index is 12.1. The summed E-state index contributed by atoms with van der Waals surface area (Å²) in [6.07, 6.45) is 4.34. The molecule has 0 saturated carbocycles. The molecule has 21 heavy (non-hydrogen) atoms. The van der Waals surface area contributed by atoms with Crippen molar-refractivity contribution in [3.63, 3.8) is 0 Å². The summed E-state index contributed by atoms with van der Waals surface area (Å²) in [5, 5.41) is 0. The zero-order chi connectivity index (χ0) is 14.9. The lowest BCUT2D eigenvalue weighted by atomic mass is 9.93. The summed E-state index contributed by atoms with van der Waals surface area (Å²) in [7, 11) is 0. The van der Waals surface area contributed by atoms with Gasteiger partial charge in [0.25, 0.3) is 0 Å². The Morgan fingerprint density at radius 2 is 1.95 bits per heavy atom. The Bertz CT molecular complexity index is 630. The molecule has 1 aromatic carbocycles. The van der Waals surface area contributed by atoms with Gasteiger partial charge in [0.05, 0.1) is 18.6 Å². The normalized spacial score (nSPS) is 17.4. The van der Waals surface area contributed by atoms with Gasteiger partial charge in [-0.05, 0) is 11.0 Å². The minimum atomic E-state index is 0.0847.